The Morgan fingerprint density at radius 3 is 3.30 bits per heavy atom. The number of aromatic amines is 1. The summed E-state index contributed by atoms with van der Waals surface area (Å²) in [5, 5.41) is 7.91. The normalized spacial score (nSPS) is 10.5. The van der Waals surface area contributed by atoms with Gasteiger partial charge in [0, 0.05) is 5.39 Å². The third kappa shape index (κ3) is 0.743. The molecule has 0 atom stereocenters. The lowest BCUT2D eigenvalue weighted by atomic mass is 10.3. The summed E-state index contributed by atoms with van der Waals surface area (Å²) in [7, 11) is 0. The van der Waals surface area contributed by atoms with E-state index in [2.05, 4.69) is 32.2 Å². The Hall–Kier alpha value is -0.830. The lowest BCUT2D eigenvalue weighted by molar-refractivity contribution is 1.10. The average molecular weight is 196 g/mol. The van der Waals surface area contributed by atoms with Gasteiger partial charge in [-0.25, -0.2) is 0 Å². The van der Waals surface area contributed by atoms with E-state index in [0.717, 1.165) is 15.5 Å². The largest absolute Gasteiger partial charge is 0.277 e. The number of benzene rings is 1. The number of nitrogens with zero attached hydrogens (tertiary/aromatic N) is 1. The summed E-state index contributed by atoms with van der Waals surface area (Å²) in [6.07, 6.45) is 0. The van der Waals surface area contributed by atoms with Gasteiger partial charge in [0.05, 0.1) is 5.52 Å². The molecule has 49 valence electrons. The first-order chi connectivity index (χ1) is 4.88. The Labute approximate surface area is 66.4 Å². The lowest BCUT2D eigenvalue weighted by Gasteiger charge is -1.83. The Bertz CT molecular complexity index is 353. The second-order valence-corrected chi connectivity index (χ2v) is 2.74. The average Bonchev–Trinajstić information content (AvgIpc) is 2.34. The molecule has 0 aliphatic rings. The molecule has 3 heteroatoms. The molecule has 0 fully saturated rings. The fourth-order valence-corrected chi connectivity index (χ4v) is 1.28. The van der Waals surface area contributed by atoms with Crippen LogP contribution >= 0.6 is 15.9 Å². The van der Waals surface area contributed by atoms with Crippen LogP contribution in [0.3, 0.4) is 0 Å². The van der Waals surface area contributed by atoms with Crippen LogP contribution in [-0.2, 0) is 0 Å². The van der Waals surface area contributed by atoms with Crippen molar-refractivity contribution in [3.63, 3.8) is 0 Å². The number of aromatic nitrogens is 2. The monoisotopic (exact) mass is 195 g/mol. The second-order valence-electron chi connectivity index (χ2n) is 1.99. The molecule has 0 aliphatic heterocycles. The topological polar surface area (TPSA) is 28.7 Å². The van der Waals surface area contributed by atoms with Crippen molar-refractivity contribution in [3.8, 4) is 0 Å². The van der Waals surface area contributed by atoms with Gasteiger partial charge in [-0.05, 0) is 34.1 Å². The molecule has 0 saturated carbocycles. The van der Waals surface area contributed by atoms with E-state index >= 15 is 0 Å². The van der Waals surface area contributed by atoms with Crippen molar-refractivity contribution in [1.29, 1.82) is 0 Å². The molecule has 0 bridgehead atoms. The van der Waals surface area contributed by atoms with E-state index in [4.69, 9.17) is 0 Å². The molecule has 1 radical (unpaired) electrons. The quantitative estimate of drug-likeness (QED) is 0.686. The standard InChI is InChI=1S/C7H4BrN2/c8-7-5-3-1-2-4-6(5)9-10-7/h2-4H,(H,9,10). The summed E-state index contributed by atoms with van der Waals surface area (Å²) in [5.74, 6) is 0. The van der Waals surface area contributed by atoms with Crippen molar-refractivity contribution < 1.29 is 0 Å². The number of nitrogens with one attached hydrogen (secondary N) is 1. The maximum Gasteiger partial charge on any atom is 0.135 e. The Morgan fingerprint density at radius 2 is 2.50 bits per heavy atom. The predicted molar refractivity (Wildman–Crippen MR) is 42.6 cm³/mol. The highest BCUT2D eigenvalue weighted by atomic mass is 79.9. The van der Waals surface area contributed by atoms with Crippen LogP contribution in [-0.4, -0.2) is 10.2 Å². The molecule has 1 heterocycles. The smallest absolute Gasteiger partial charge is 0.135 e. The summed E-state index contributed by atoms with van der Waals surface area (Å²) in [4.78, 5) is 0. The van der Waals surface area contributed by atoms with Crippen molar-refractivity contribution in [2.75, 3.05) is 0 Å². The minimum absolute atomic E-state index is 0.847. The number of halogens is 1. The molecule has 0 spiro atoms. The van der Waals surface area contributed by atoms with Crippen molar-refractivity contribution >= 4 is 26.8 Å². The minimum Gasteiger partial charge on any atom is -0.277 e. The van der Waals surface area contributed by atoms with Crippen molar-refractivity contribution in [2.45, 2.75) is 0 Å². The molecule has 1 aromatic heterocycles. The Kier molecular flexibility index (Phi) is 1.24. The minimum atomic E-state index is 0.847. The van der Waals surface area contributed by atoms with Crippen LogP contribution in [0.5, 0.6) is 0 Å². The van der Waals surface area contributed by atoms with Crippen LogP contribution in [0.2, 0.25) is 0 Å². The molecular weight excluding hydrogens is 192 g/mol. The number of fused-ring (bicyclic) bond motifs is 1. The van der Waals surface area contributed by atoms with Gasteiger partial charge in [0.15, 0.2) is 0 Å². The zero-order valence-corrected chi connectivity index (χ0v) is 6.64. The van der Waals surface area contributed by atoms with Crippen LogP contribution < -0.4 is 0 Å². The molecule has 0 aliphatic carbocycles. The highest BCUT2D eigenvalue weighted by molar-refractivity contribution is 9.10. The highest BCUT2D eigenvalue weighted by Gasteiger charge is 1.98. The first-order valence-electron chi connectivity index (χ1n) is 2.87. The maximum atomic E-state index is 3.97. The maximum absolute atomic E-state index is 3.97. The van der Waals surface area contributed by atoms with Gasteiger partial charge in [-0.15, -0.1) is 0 Å². The molecule has 1 N–H and O–H groups in total. The molecule has 0 amide bonds. The number of hydrogen-bond donors (Lipinski definition) is 1. The predicted octanol–water partition coefficient (Wildman–Crippen LogP) is 2.13. The summed E-state index contributed by atoms with van der Waals surface area (Å²) in [6, 6.07) is 8.66. The van der Waals surface area contributed by atoms with E-state index < -0.39 is 0 Å². The van der Waals surface area contributed by atoms with E-state index in [9.17, 15) is 0 Å². The Balaban J connectivity index is 2.93. The fraction of sp³-hybridized carbons (Fsp3) is 0. The van der Waals surface area contributed by atoms with Gasteiger partial charge in [-0.3, -0.25) is 5.10 Å². The molecule has 10 heavy (non-hydrogen) atoms. The van der Waals surface area contributed by atoms with Gasteiger partial charge in [0.2, 0.25) is 0 Å². The summed E-state index contributed by atoms with van der Waals surface area (Å²) < 4.78 is 0.847. The van der Waals surface area contributed by atoms with Crippen LogP contribution in [0, 0.1) is 6.07 Å². The van der Waals surface area contributed by atoms with Gasteiger partial charge in [-0.2, -0.15) is 5.10 Å². The second kappa shape index (κ2) is 2.09. The molecule has 2 rings (SSSR count). The highest BCUT2D eigenvalue weighted by Crippen LogP contribution is 2.18. The lowest BCUT2D eigenvalue weighted by Crippen LogP contribution is -1.64. The van der Waals surface area contributed by atoms with E-state index in [1.54, 1.807) is 0 Å². The number of H-pyrrole nitrogens is 1. The first kappa shape index (κ1) is 5.92. The molecule has 0 saturated heterocycles. The summed E-state index contributed by atoms with van der Waals surface area (Å²) in [6.45, 7) is 0. The van der Waals surface area contributed by atoms with Crippen molar-refractivity contribution in [3.05, 3.63) is 28.9 Å². The SMILES string of the molecule is Brc1n[nH]c2cc[c]cc12. The summed E-state index contributed by atoms with van der Waals surface area (Å²) >= 11 is 3.30. The zero-order valence-electron chi connectivity index (χ0n) is 5.06. The molecule has 0 unspecified atom stereocenters. The molecule has 1 aromatic carbocycles. The van der Waals surface area contributed by atoms with E-state index in [0.29, 0.717) is 0 Å². The van der Waals surface area contributed by atoms with Crippen LogP contribution in [0.15, 0.2) is 22.8 Å². The Morgan fingerprint density at radius 1 is 1.60 bits per heavy atom. The van der Waals surface area contributed by atoms with Crippen LogP contribution in [0.25, 0.3) is 10.9 Å². The third-order valence-electron chi connectivity index (χ3n) is 1.36. The van der Waals surface area contributed by atoms with Crippen molar-refractivity contribution in [2.24, 2.45) is 0 Å². The molecule has 2 aromatic rings. The van der Waals surface area contributed by atoms with E-state index in [-0.39, 0.29) is 0 Å². The molecule has 2 nitrogen and oxygen atoms in total. The first-order valence-corrected chi connectivity index (χ1v) is 3.67. The van der Waals surface area contributed by atoms with E-state index in [1.165, 1.54) is 0 Å². The fourth-order valence-electron chi connectivity index (χ4n) is 0.868. The van der Waals surface area contributed by atoms with Crippen LogP contribution in [0.4, 0.5) is 0 Å². The number of rotatable bonds is 0. The van der Waals surface area contributed by atoms with Gasteiger partial charge >= 0.3 is 0 Å². The molecular formula is C7H4BrN2. The van der Waals surface area contributed by atoms with Gasteiger partial charge in [0.1, 0.15) is 4.60 Å². The van der Waals surface area contributed by atoms with Gasteiger partial charge in [-0.1, -0.05) is 6.07 Å². The van der Waals surface area contributed by atoms with Crippen LogP contribution in [0.1, 0.15) is 0 Å². The van der Waals surface area contributed by atoms with Crippen molar-refractivity contribution in [1.82, 2.24) is 10.2 Å². The van der Waals surface area contributed by atoms with Gasteiger partial charge < -0.3 is 0 Å². The third-order valence-corrected chi connectivity index (χ3v) is 1.97. The van der Waals surface area contributed by atoms with Gasteiger partial charge in [0.25, 0.3) is 0 Å². The van der Waals surface area contributed by atoms with E-state index in [1.807, 2.05) is 18.2 Å². The zero-order chi connectivity index (χ0) is 6.97. The number of hydrogen-bond acceptors (Lipinski definition) is 1. The summed E-state index contributed by atoms with van der Waals surface area (Å²) in [5.41, 5.74) is 1.03.